The van der Waals surface area contributed by atoms with Crippen LogP contribution in [0.25, 0.3) is 0 Å². The standard InChI is InChI=1S/C19H21FN2O/c1-13-6-3-4-7-16(13)18-8-5-11-22(18)19(23)21-15-10-9-14(2)17(20)12-15/h3-4,6-7,9-10,12,18H,5,8,11H2,1-2H3,(H,21,23). The first kappa shape index (κ1) is 15.5. The molecule has 1 aliphatic heterocycles. The molecule has 2 amide bonds. The first-order chi connectivity index (χ1) is 11.1. The van der Waals surface area contributed by atoms with Crippen LogP contribution in [0, 0.1) is 19.7 Å². The van der Waals surface area contributed by atoms with Crippen molar-refractivity contribution in [3.63, 3.8) is 0 Å². The molecule has 1 heterocycles. The zero-order chi connectivity index (χ0) is 16.4. The molecule has 2 aromatic rings. The van der Waals surface area contributed by atoms with Crippen molar-refractivity contribution in [3.05, 3.63) is 65.0 Å². The number of halogens is 1. The average Bonchev–Trinajstić information content (AvgIpc) is 3.01. The fourth-order valence-corrected chi connectivity index (χ4v) is 3.16. The molecule has 1 fully saturated rings. The van der Waals surface area contributed by atoms with Gasteiger partial charge in [0.05, 0.1) is 6.04 Å². The number of benzene rings is 2. The predicted molar refractivity (Wildman–Crippen MR) is 90.0 cm³/mol. The van der Waals surface area contributed by atoms with Crippen LogP contribution in [0.5, 0.6) is 0 Å². The number of hydrogen-bond acceptors (Lipinski definition) is 1. The Balaban J connectivity index is 1.78. The smallest absolute Gasteiger partial charge is 0.317 e. The van der Waals surface area contributed by atoms with Gasteiger partial charge in [-0.2, -0.15) is 0 Å². The van der Waals surface area contributed by atoms with Crippen LogP contribution in [-0.2, 0) is 0 Å². The van der Waals surface area contributed by atoms with E-state index >= 15 is 0 Å². The van der Waals surface area contributed by atoms with Crippen LogP contribution in [0.4, 0.5) is 14.9 Å². The molecule has 1 atom stereocenters. The Bertz CT molecular complexity index is 729. The molecule has 23 heavy (non-hydrogen) atoms. The van der Waals surface area contributed by atoms with Gasteiger partial charge in [-0.25, -0.2) is 9.18 Å². The molecule has 120 valence electrons. The van der Waals surface area contributed by atoms with Crippen LogP contribution in [0.3, 0.4) is 0 Å². The van der Waals surface area contributed by atoms with Crippen LogP contribution in [0.2, 0.25) is 0 Å². The minimum atomic E-state index is -0.306. The fraction of sp³-hybridized carbons (Fsp3) is 0.316. The Hall–Kier alpha value is -2.36. The third kappa shape index (κ3) is 3.21. The molecule has 3 rings (SSSR count). The molecule has 2 aromatic carbocycles. The van der Waals surface area contributed by atoms with Crippen molar-refractivity contribution in [2.24, 2.45) is 0 Å². The lowest BCUT2D eigenvalue weighted by molar-refractivity contribution is 0.207. The highest BCUT2D eigenvalue weighted by Gasteiger charge is 2.30. The van der Waals surface area contributed by atoms with Crippen LogP contribution >= 0.6 is 0 Å². The van der Waals surface area contributed by atoms with Crippen molar-refractivity contribution >= 4 is 11.7 Å². The summed E-state index contributed by atoms with van der Waals surface area (Å²) in [5.74, 6) is -0.306. The number of nitrogens with one attached hydrogen (secondary N) is 1. The molecule has 0 aromatic heterocycles. The fourth-order valence-electron chi connectivity index (χ4n) is 3.16. The summed E-state index contributed by atoms with van der Waals surface area (Å²) < 4.78 is 13.6. The summed E-state index contributed by atoms with van der Waals surface area (Å²) in [7, 11) is 0. The number of urea groups is 1. The van der Waals surface area contributed by atoms with Crippen LogP contribution < -0.4 is 5.32 Å². The van der Waals surface area contributed by atoms with Gasteiger partial charge < -0.3 is 10.2 Å². The van der Waals surface area contributed by atoms with E-state index in [-0.39, 0.29) is 17.9 Å². The van der Waals surface area contributed by atoms with Gasteiger partial charge in [0.2, 0.25) is 0 Å². The highest BCUT2D eigenvalue weighted by molar-refractivity contribution is 5.89. The second-order valence-corrected chi connectivity index (χ2v) is 6.10. The van der Waals surface area contributed by atoms with E-state index in [4.69, 9.17) is 0 Å². The largest absolute Gasteiger partial charge is 0.322 e. The van der Waals surface area contributed by atoms with Crippen LogP contribution in [0.1, 0.15) is 35.6 Å². The first-order valence-electron chi connectivity index (χ1n) is 7.95. The zero-order valence-corrected chi connectivity index (χ0v) is 13.5. The molecule has 0 bridgehead atoms. The molecule has 1 N–H and O–H groups in total. The van der Waals surface area contributed by atoms with E-state index < -0.39 is 0 Å². The first-order valence-corrected chi connectivity index (χ1v) is 7.95. The molecule has 0 saturated carbocycles. The van der Waals surface area contributed by atoms with E-state index in [1.807, 2.05) is 17.0 Å². The number of rotatable bonds is 2. The van der Waals surface area contributed by atoms with Gasteiger partial charge in [-0.3, -0.25) is 0 Å². The second kappa shape index (κ2) is 6.41. The molecule has 1 saturated heterocycles. The third-order valence-corrected chi connectivity index (χ3v) is 4.48. The zero-order valence-electron chi connectivity index (χ0n) is 13.5. The Labute approximate surface area is 136 Å². The molecule has 0 radical (unpaired) electrons. The van der Waals surface area contributed by atoms with Crippen LogP contribution in [-0.4, -0.2) is 17.5 Å². The SMILES string of the molecule is Cc1ccc(NC(=O)N2CCCC2c2ccccc2C)cc1F. The monoisotopic (exact) mass is 312 g/mol. The highest BCUT2D eigenvalue weighted by Crippen LogP contribution is 2.34. The number of carbonyl (C=O) groups is 1. The third-order valence-electron chi connectivity index (χ3n) is 4.48. The van der Waals surface area contributed by atoms with Gasteiger partial charge in [0.1, 0.15) is 5.82 Å². The van der Waals surface area contributed by atoms with E-state index in [9.17, 15) is 9.18 Å². The van der Waals surface area contributed by atoms with Gasteiger partial charge in [-0.05, 0) is 55.5 Å². The van der Waals surface area contributed by atoms with Gasteiger partial charge in [0.15, 0.2) is 0 Å². The van der Waals surface area contributed by atoms with Gasteiger partial charge in [0, 0.05) is 12.2 Å². The van der Waals surface area contributed by atoms with E-state index in [0.29, 0.717) is 11.3 Å². The number of carbonyl (C=O) groups excluding carboxylic acids is 1. The summed E-state index contributed by atoms with van der Waals surface area (Å²) in [6.45, 7) is 4.49. The Morgan fingerprint density at radius 2 is 1.96 bits per heavy atom. The Morgan fingerprint density at radius 1 is 1.17 bits per heavy atom. The summed E-state index contributed by atoms with van der Waals surface area (Å²) in [5.41, 5.74) is 3.45. The maximum Gasteiger partial charge on any atom is 0.322 e. The maximum atomic E-state index is 13.6. The number of aryl methyl sites for hydroxylation is 2. The van der Waals surface area contributed by atoms with Gasteiger partial charge in [0.25, 0.3) is 0 Å². The predicted octanol–water partition coefficient (Wildman–Crippen LogP) is 4.81. The van der Waals surface area contributed by atoms with Crippen molar-refractivity contribution in [1.82, 2.24) is 4.90 Å². The van der Waals surface area contributed by atoms with Gasteiger partial charge in [-0.15, -0.1) is 0 Å². The summed E-state index contributed by atoms with van der Waals surface area (Å²) in [6.07, 6.45) is 1.94. The van der Waals surface area contributed by atoms with Crippen molar-refractivity contribution < 1.29 is 9.18 Å². The van der Waals surface area contributed by atoms with Gasteiger partial charge in [-0.1, -0.05) is 30.3 Å². The highest BCUT2D eigenvalue weighted by atomic mass is 19.1. The van der Waals surface area contributed by atoms with Gasteiger partial charge >= 0.3 is 6.03 Å². The van der Waals surface area contributed by atoms with Crippen molar-refractivity contribution in [2.45, 2.75) is 32.7 Å². The molecule has 0 aliphatic carbocycles. The molecule has 1 unspecified atom stereocenters. The summed E-state index contributed by atoms with van der Waals surface area (Å²) in [5, 5.41) is 2.82. The Kier molecular flexibility index (Phi) is 4.33. The minimum Gasteiger partial charge on any atom is -0.317 e. The maximum absolute atomic E-state index is 13.6. The molecule has 0 spiro atoms. The Morgan fingerprint density at radius 3 is 2.70 bits per heavy atom. The summed E-state index contributed by atoms with van der Waals surface area (Å²) in [6, 6.07) is 12.9. The van der Waals surface area contributed by atoms with E-state index in [0.717, 1.165) is 19.4 Å². The second-order valence-electron chi connectivity index (χ2n) is 6.10. The topological polar surface area (TPSA) is 32.3 Å². The number of likely N-dealkylation sites (tertiary alicyclic amines) is 1. The lowest BCUT2D eigenvalue weighted by Crippen LogP contribution is -2.34. The number of anilines is 1. The van der Waals surface area contributed by atoms with Crippen molar-refractivity contribution in [2.75, 3.05) is 11.9 Å². The molecular weight excluding hydrogens is 291 g/mol. The van der Waals surface area contributed by atoms with Crippen LogP contribution in [0.15, 0.2) is 42.5 Å². The minimum absolute atomic E-state index is 0.0893. The molecule has 4 heteroatoms. The number of nitrogens with zero attached hydrogens (tertiary/aromatic N) is 1. The van der Waals surface area contributed by atoms with E-state index in [1.54, 1.807) is 19.1 Å². The van der Waals surface area contributed by atoms with Crippen molar-refractivity contribution in [1.29, 1.82) is 0 Å². The number of hydrogen-bond donors (Lipinski definition) is 1. The quantitative estimate of drug-likeness (QED) is 0.848. The summed E-state index contributed by atoms with van der Waals surface area (Å²) >= 11 is 0. The van der Waals surface area contributed by atoms with E-state index in [2.05, 4.69) is 24.4 Å². The lowest BCUT2D eigenvalue weighted by Gasteiger charge is -2.26. The normalized spacial score (nSPS) is 17.3. The lowest BCUT2D eigenvalue weighted by atomic mass is 9.99. The molecular formula is C19H21FN2O. The molecule has 3 nitrogen and oxygen atoms in total. The summed E-state index contributed by atoms with van der Waals surface area (Å²) in [4.78, 5) is 14.4. The average molecular weight is 312 g/mol. The molecule has 1 aliphatic rings. The van der Waals surface area contributed by atoms with E-state index in [1.165, 1.54) is 17.2 Å². The van der Waals surface area contributed by atoms with Crippen molar-refractivity contribution in [3.8, 4) is 0 Å². The number of amides is 2.